The number of nitrogens with zero attached hydrogens (tertiary/aromatic N) is 3. The number of cyclic esters (lactones) is 1. The van der Waals surface area contributed by atoms with Gasteiger partial charge in [0.1, 0.15) is 12.4 Å². The molecule has 204 valence electrons. The van der Waals surface area contributed by atoms with E-state index in [1.54, 1.807) is 25.4 Å². The van der Waals surface area contributed by atoms with Crippen LogP contribution in [0.2, 0.25) is 0 Å². The molecule has 0 aromatic heterocycles. The van der Waals surface area contributed by atoms with Gasteiger partial charge in [0.2, 0.25) is 6.79 Å². The number of esters is 1. The lowest BCUT2D eigenvalue weighted by atomic mass is 9.98. The molecule has 2 amide bonds. The molecule has 2 saturated heterocycles. The van der Waals surface area contributed by atoms with Crippen LogP contribution < -0.4 is 26.6 Å². The quantitative estimate of drug-likeness (QED) is 0.180. The molecule has 14 heteroatoms. The van der Waals surface area contributed by atoms with Gasteiger partial charge in [-0.1, -0.05) is 0 Å². The second-order valence-corrected chi connectivity index (χ2v) is 9.12. The Morgan fingerprint density at radius 2 is 2.14 bits per heavy atom. The van der Waals surface area contributed by atoms with E-state index in [1.807, 2.05) is 11.8 Å². The van der Waals surface area contributed by atoms with E-state index in [9.17, 15) is 19.6 Å². The van der Waals surface area contributed by atoms with Gasteiger partial charge in [0.05, 0.1) is 36.5 Å². The Hall–Kier alpha value is -3.46. The number of likely N-dealkylation sites (N-methyl/N-ethyl adjacent to an activating group) is 1. The first-order valence-corrected chi connectivity index (χ1v) is 11.7. The summed E-state index contributed by atoms with van der Waals surface area (Å²) >= 11 is 0. The van der Waals surface area contributed by atoms with Crippen LogP contribution in [0.1, 0.15) is 13.8 Å². The van der Waals surface area contributed by atoms with Gasteiger partial charge in [0.25, 0.3) is 0 Å². The summed E-state index contributed by atoms with van der Waals surface area (Å²) in [5, 5.41) is 16.0. The number of halogens is 1. The number of hydroxylamine groups is 3. The molecule has 0 bridgehead atoms. The number of nitrogens with two attached hydrogens (primary N) is 2. The Morgan fingerprint density at radius 3 is 2.76 bits per heavy atom. The van der Waals surface area contributed by atoms with Crippen LogP contribution in [0, 0.1) is 11.0 Å². The predicted molar refractivity (Wildman–Crippen MR) is 131 cm³/mol. The normalized spacial score (nSPS) is 24.1. The minimum Gasteiger partial charge on any atom is -0.622 e. The molecule has 0 radical (unpaired) electrons. The average molecular weight is 525 g/mol. The van der Waals surface area contributed by atoms with Gasteiger partial charge >= 0.3 is 18.2 Å². The third-order valence-corrected chi connectivity index (χ3v) is 6.30. The first-order valence-electron chi connectivity index (χ1n) is 11.7. The Kier molecular flexibility index (Phi) is 8.58. The zero-order valence-corrected chi connectivity index (χ0v) is 21.1. The average Bonchev–Trinajstić information content (AvgIpc) is 3.36. The van der Waals surface area contributed by atoms with E-state index >= 15 is 4.39 Å². The molecule has 3 atom stereocenters. The molecular weight excluding hydrogens is 491 g/mol. The number of hydrogen-bond donors (Lipinski definition) is 3. The van der Waals surface area contributed by atoms with E-state index < -0.39 is 60.1 Å². The van der Waals surface area contributed by atoms with Gasteiger partial charge < -0.3 is 41.1 Å². The lowest BCUT2D eigenvalue weighted by Crippen LogP contribution is -2.52. The fraction of sp³-hybridized carbons (Fsp3) is 0.522. The molecule has 0 spiro atoms. The molecule has 5 N–H and O–H groups in total. The standard InChI is InChI=1S/C23H33FN6O7/c1-4-30(34,22(33)36-14-35-20(31)8-25)12-17-11-29(21(32)37-17)16-5-6-19(18(24)7-16)28-10-15(9-27-3)23(2,26)13-28/h5-7,9,17,27H,4,8,10-14,25-26H2,1-3H3/b15-9-/t17-,23?,30?/m1/s1. The Morgan fingerprint density at radius 1 is 1.41 bits per heavy atom. The van der Waals surface area contributed by atoms with Crippen molar-refractivity contribution in [3.63, 3.8) is 0 Å². The third-order valence-electron chi connectivity index (χ3n) is 6.30. The molecule has 2 fully saturated rings. The van der Waals surface area contributed by atoms with Crippen LogP contribution in [0.3, 0.4) is 0 Å². The maximum atomic E-state index is 15.1. The van der Waals surface area contributed by atoms with Crippen molar-refractivity contribution in [2.24, 2.45) is 11.5 Å². The van der Waals surface area contributed by atoms with Crippen molar-refractivity contribution in [3.8, 4) is 0 Å². The molecule has 37 heavy (non-hydrogen) atoms. The van der Waals surface area contributed by atoms with E-state index in [-0.39, 0.29) is 18.8 Å². The highest BCUT2D eigenvalue weighted by molar-refractivity contribution is 5.90. The summed E-state index contributed by atoms with van der Waals surface area (Å²) in [4.78, 5) is 38.9. The second-order valence-electron chi connectivity index (χ2n) is 9.12. The highest BCUT2D eigenvalue weighted by atomic mass is 19.1. The number of quaternary nitrogens is 1. The number of hydrogen-bond acceptors (Lipinski definition) is 11. The van der Waals surface area contributed by atoms with Crippen LogP contribution in [0.15, 0.2) is 30.0 Å². The van der Waals surface area contributed by atoms with Crippen LogP contribution >= 0.6 is 0 Å². The fourth-order valence-electron chi connectivity index (χ4n) is 4.23. The topological polar surface area (TPSA) is 173 Å². The lowest BCUT2D eigenvalue weighted by Gasteiger charge is -2.37. The monoisotopic (exact) mass is 524 g/mol. The molecule has 0 aliphatic carbocycles. The van der Waals surface area contributed by atoms with Crippen molar-refractivity contribution in [2.75, 3.05) is 62.9 Å². The third kappa shape index (κ3) is 6.28. The fourth-order valence-corrected chi connectivity index (χ4v) is 4.23. The molecule has 2 aliphatic rings. The minimum absolute atomic E-state index is 0.0745. The van der Waals surface area contributed by atoms with Gasteiger partial charge in [-0.15, -0.1) is 0 Å². The van der Waals surface area contributed by atoms with Crippen molar-refractivity contribution in [2.45, 2.75) is 25.5 Å². The Balaban J connectivity index is 1.66. The Labute approximate surface area is 213 Å². The number of carbonyl (C=O) groups excluding carboxylic acids is 3. The largest absolute Gasteiger partial charge is 0.622 e. The van der Waals surface area contributed by atoms with Crippen molar-refractivity contribution < 1.29 is 37.6 Å². The van der Waals surface area contributed by atoms with Crippen molar-refractivity contribution >= 4 is 29.5 Å². The zero-order chi connectivity index (χ0) is 27.4. The molecule has 2 heterocycles. The number of amides is 2. The summed E-state index contributed by atoms with van der Waals surface area (Å²) in [6, 6.07) is 4.35. The van der Waals surface area contributed by atoms with E-state index in [2.05, 4.69) is 10.1 Å². The predicted octanol–water partition coefficient (Wildman–Crippen LogP) is 0.722. The molecule has 1 aromatic carbocycles. The number of ether oxygens (including phenoxy) is 3. The van der Waals surface area contributed by atoms with Gasteiger partial charge in [-0.25, -0.2) is 9.18 Å². The van der Waals surface area contributed by atoms with E-state index in [4.69, 9.17) is 20.9 Å². The number of anilines is 2. The summed E-state index contributed by atoms with van der Waals surface area (Å²) in [5.41, 5.74) is 12.3. The van der Waals surface area contributed by atoms with E-state index in [1.165, 1.54) is 17.9 Å². The maximum Gasteiger partial charge on any atom is 0.519 e. The number of rotatable bonds is 9. The minimum atomic E-state index is -1.48. The second kappa shape index (κ2) is 11.3. The zero-order valence-electron chi connectivity index (χ0n) is 21.1. The van der Waals surface area contributed by atoms with Crippen LogP contribution in [0.4, 0.5) is 25.4 Å². The van der Waals surface area contributed by atoms with Gasteiger partial charge in [0, 0.05) is 20.1 Å². The van der Waals surface area contributed by atoms with Crippen molar-refractivity contribution in [1.82, 2.24) is 5.32 Å². The summed E-state index contributed by atoms with van der Waals surface area (Å²) < 4.78 is 28.2. The van der Waals surface area contributed by atoms with Crippen molar-refractivity contribution in [3.05, 3.63) is 41.0 Å². The maximum absolute atomic E-state index is 15.1. The first kappa shape index (κ1) is 28.1. The number of carbonyl (C=O) groups is 3. The SMILES string of the molecule is CC[N+]([O-])(C[C@H]1CN(c2ccc(N3C/C(=C/NC)C(C)(N)C3)c(F)c2)C(=O)O1)C(=O)OCOC(=O)CN. The van der Waals surface area contributed by atoms with Gasteiger partial charge in [0.15, 0.2) is 6.10 Å². The van der Waals surface area contributed by atoms with Gasteiger partial charge in [-0.05, 0) is 43.8 Å². The van der Waals surface area contributed by atoms with Crippen molar-refractivity contribution in [1.29, 1.82) is 0 Å². The summed E-state index contributed by atoms with van der Waals surface area (Å²) in [5.74, 6) is -1.35. The molecular formula is C23H33FN6O7. The Bertz CT molecular complexity index is 1070. The van der Waals surface area contributed by atoms with Crippen LogP contribution in [0.25, 0.3) is 0 Å². The molecule has 1 aromatic rings. The smallest absolute Gasteiger partial charge is 0.519 e. The summed E-state index contributed by atoms with van der Waals surface area (Å²) in [6.45, 7) is 2.29. The molecule has 2 unspecified atom stereocenters. The molecule has 13 nitrogen and oxygen atoms in total. The van der Waals surface area contributed by atoms with E-state index in [0.717, 1.165) is 5.57 Å². The highest BCUT2D eigenvalue weighted by Gasteiger charge is 2.41. The summed E-state index contributed by atoms with van der Waals surface area (Å²) in [6.07, 6.45) is -1.14. The highest BCUT2D eigenvalue weighted by Crippen LogP contribution is 2.33. The van der Waals surface area contributed by atoms with E-state index in [0.29, 0.717) is 18.8 Å². The molecule has 0 saturated carbocycles. The molecule has 2 aliphatic heterocycles. The first-order chi connectivity index (χ1) is 17.4. The van der Waals surface area contributed by atoms with Crippen LogP contribution in [-0.4, -0.2) is 87.6 Å². The van der Waals surface area contributed by atoms with Crippen LogP contribution in [0.5, 0.6) is 0 Å². The lowest BCUT2D eigenvalue weighted by molar-refractivity contribution is -0.809. The number of benzene rings is 1. The van der Waals surface area contributed by atoms with Gasteiger partial charge in [-0.3, -0.25) is 14.3 Å². The number of nitrogens with one attached hydrogen (secondary N) is 1. The van der Waals surface area contributed by atoms with Gasteiger partial charge in [-0.2, -0.15) is 4.79 Å². The summed E-state index contributed by atoms with van der Waals surface area (Å²) in [7, 11) is 1.77. The molecule has 3 rings (SSSR count). The van der Waals surface area contributed by atoms with Crippen LogP contribution in [-0.2, 0) is 19.0 Å².